The number of hydrogen-bond donors (Lipinski definition) is 2. The Morgan fingerprint density at radius 1 is 1.11 bits per heavy atom. The summed E-state index contributed by atoms with van der Waals surface area (Å²) in [6.45, 7) is 4.27. The van der Waals surface area contributed by atoms with Gasteiger partial charge in [-0.05, 0) is 36.6 Å². The number of hydrogen-bond acceptors (Lipinski definition) is 6. The molecule has 0 saturated heterocycles. The summed E-state index contributed by atoms with van der Waals surface area (Å²) in [4.78, 5) is 4.60. The molecule has 0 saturated carbocycles. The fourth-order valence-electron chi connectivity index (χ4n) is 2.63. The van der Waals surface area contributed by atoms with Crippen LogP contribution in [0.2, 0.25) is 0 Å². The minimum Gasteiger partial charge on any atom is -0.339 e. The van der Waals surface area contributed by atoms with E-state index in [1.807, 2.05) is 37.3 Å². The van der Waals surface area contributed by atoms with Crippen LogP contribution < -0.4 is 10.5 Å². The SMILES string of the molecule is Cc1ccc(C)c(S(=O)(=O)NCCc2nc(-c3ccc(CN)cc3)no2)c1.Cl. The Morgan fingerprint density at radius 2 is 1.82 bits per heavy atom. The van der Waals surface area contributed by atoms with Crippen molar-refractivity contribution in [1.29, 1.82) is 0 Å². The molecule has 9 heteroatoms. The van der Waals surface area contributed by atoms with Gasteiger partial charge in [-0.1, -0.05) is 41.6 Å². The Hall–Kier alpha value is -2.26. The van der Waals surface area contributed by atoms with E-state index in [1.54, 1.807) is 19.1 Å². The fourth-order valence-corrected chi connectivity index (χ4v) is 3.99. The smallest absolute Gasteiger partial charge is 0.240 e. The lowest BCUT2D eigenvalue weighted by Gasteiger charge is -2.09. The summed E-state index contributed by atoms with van der Waals surface area (Å²) in [5, 5.41) is 3.95. The third-order valence-corrected chi connectivity index (χ3v) is 5.78. The van der Waals surface area contributed by atoms with Crippen LogP contribution in [-0.4, -0.2) is 25.1 Å². The monoisotopic (exact) mass is 422 g/mol. The third kappa shape index (κ3) is 5.17. The quantitative estimate of drug-likeness (QED) is 0.605. The van der Waals surface area contributed by atoms with E-state index in [9.17, 15) is 8.42 Å². The van der Waals surface area contributed by atoms with Gasteiger partial charge in [0.1, 0.15) is 0 Å². The molecule has 2 aromatic carbocycles. The normalized spacial score (nSPS) is 11.2. The predicted octanol–water partition coefficient (Wildman–Crippen LogP) is 2.75. The van der Waals surface area contributed by atoms with Crippen molar-refractivity contribution in [2.45, 2.75) is 31.7 Å². The number of sulfonamides is 1. The lowest BCUT2D eigenvalue weighted by atomic mass is 10.1. The van der Waals surface area contributed by atoms with E-state index >= 15 is 0 Å². The Labute approximate surface area is 170 Å². The van der Waals surface area contributed by atoms with Crippen molar-refractivity contribution in [3.8, 4) is 11.4 Å². The Balaban J connectivity index is 0.00000280. The average molecular weight is 423 g/mol. The topological polar surface area (TPSA) is 111 Å². The summed E-state index contributed by atoms with van der Waals surface area (Å²) >= 11 is 0. The summed E-state index contributed by atoms with van der Waals surface area (Å²) < 4.78 is 32.8. The van der Waals surface area contributed by atoms with Gasteiger partial charge in [0.2, 0.25) is 21.7 Å². The molecular formula is C19H23ClN4O3S. The van der Waals surface area contributed by atoms with Gasteiger partial charge in [0.25, 0.3) is 0 Å². The van der Waals surface area contributed by atoms with Gasteiger partial charge >= 0.3 is 0 Å². The predicted molar refractivity (Wildman–Crippen MR) is 110 cm³/mol. The molecule has 1 aromatic heterocycles. The molecule has 3 rings (SSSR count). The zero-order chi connectivity index (χ0) is 19.4. The molecule has 0 radical (unpaired) electrons. The fraction of sp³-hybridized carbons (Fsp3) is 0.263. The molecule has 0 aliphatic heterocycles. The Kier molecular flexibility index (Phi) is 7.31. The highest BCUT2D eigenvalue weighted by molar-refractivity contribution is 7.89. The van der Waals surface area contributed by atoms with E-state index in [-0.39, 0.29) is 23.8 Å². The molecule has 1 heterocycles. The molecule has 0 aliphatic carbocycles. The molecular weight excluding hydrogens is 400 g/mol. The van der Waals surface area contributed by atoms with E-state index in [0.29, 0.717) is 30.2 Å². The summed E-state index contributed by atoms with van der Waals surface area (Å²) in [5.41, 5.74) is 9.02. The van der Waals surface area contributed by atoms with Gasteiger partial charge in [-0.3, -0.25) is 0 Å². The van der Waals surface area contributed by atoms with E-state index in [4.69, 9.17) is 10.3 Å². The van der Waals surface area contributed by atoms with Crippen LogP contribution in [0.1, 0.15) is 22.6 Å². The first-order valence-corrected chi connectivity index (χ1v) is 10.1. The zero-order valence-corrected chi connectivity index (χ0v) is 17.3. The largest absolute Gasteiger partial charge is 0.339 e. The second kappa shape index (κ2) is 9.29. The number of halogens is 1. The first kappa shape index (κ1) is 22.0. The van der Waals surface area contributed by atoms with Gasteiger partial charge in [0, 0.05) is 25.1 Å². The molecule has 0 amide bonds. The van der Waals surface area contributed by atoms with Crippen LogP contribution in [0.3, 0.4) is 0 Å². The second-order valence-electron chi connectivity index (χ2n) is 6.33. The van der Waals surface area contributed by atoms with Crippen LogP contribution in [0.25, 0.3) is 11.4 Å². The van der Waals surface area contributed by atoms with E-state index in [1.165, 1.54) is 0 Å². The van der Waals surface area contributed by atoms with Crippen LogP contribution in [0.4, 0.5) is 0 Å². The molecule has 0 atom stereocenters. The van der Waals surface area contributed by atoms with Crippen molar-refractivity contribution in [1.82, 2.24) is 14.9 Å². The summed E-state index contributed by atoms with van der Waals surface area (Å²) in [6, 6.07) is 12.9. The highest BCUT2D eigenvalue weighted by Crippen LogP contribution is 2.18. The number of benzene rings is 2. The van der Waals surface area contributed by atoms with Crippen LogP contribution in [0.5, 0.6) is 0 Å². The van der Waals surface area contributed by atoms with Crippen LogP contribution in [0, 0.1) is 13.8 Å². The second-order valence-corrected chi connectivity index (χ2v) is 8.06. The van der Waals surface area contributed by atoms with Gasteiger partial charge in [-0.2, -0.15) is 4.98 Å². The van der Waals surface area contributed by atoms with Gasteiger partial charge in [0.05, 0.1) is 4.90 Å². The average Bonchev–Trinajstić information content (AvgIpc) is 3.12. The minimum atomic E-state index is -3.59. The first-order valence-electron chi connectivity index (χ1n) is 8.58. The Morgan fingerprint density at radius 3 is 2.50 bits per heavy atom. The number of rotatable bonds is 7. The van der Waals surface area contributed by atoms with Crippen LogP contribution in [-0.2, 0) is 23.0 Å². The van der Waals surface area contributed by atoms with Crippen LogP contribution >= 0.6 is 12.4 Å². The van der Waals surface area contributed by atoms with Crippen molar-refractivity contribution < 1.29 is 12.9 Å². The van der Waals surface area contributed by atoms with Gasteiger partial charge in [0.15, 0.2) is 0 Å². The van der Waals surface area contributed by atoms with Crippen molar-refractivity contribution in [2.75, 3.05) is 6.54 Å². The first-order chi connectivity index (χ1) is 12.9. The molecule has 0 bridgehead atoms. The maximum Gasteiger partial charge on any atom is 0.240 e. The molecule has 0 spiro atoms. The van der Waals surface area contributed by atoms with Gasteiger partial charge in [-0.25, -0.2) is 13.1 Å². The number of aromatic nitrogens is 2. The third-order valence-electron chi connectivity index (χ3n) is 4.18. The standard InChI is InChI=1S/C19H22N4O3S.ClH/c1-13-3-4-14(2)17(11-13)27(24,25)21-10-9-18-22-19(23-26-18)16-7-5-15(12-20)6-8-16;/h3-8,11,21H,9-10,12,20H2,1-2H3;1H. The molecule has 0 fully saturated rings. The molecule has 28 heavy (non-hydrogen) atoms. The van der Waals surface area contributed by atoms with Crippen molar-refractivity contribution in [2.24, 2.45) is 5.73 Å². The van der Waals surface area contributed by atoms with Crippen molar-refractivity contribution in [3.63, 3.8) is 0 Å². The molecule has 0 unspecified atom stereocenters. The van der Waals surface area contributed by atoms with Crippen molar-refractivity contribution in [3.05, 3.63) is 65.0 Å². The summed E-state index contributed by atoms with van der Waals surface area (Å²) in [5.74, 6) is 0.836. The van der Waals surface area contributed by atoms with E-state index < -0.39 is 10.0 Å². The van der Waals surface area contributed by atoms with Crippen LogP contribution in [0.15, 0.2) is 51.9 Å². The zero-order valence-electron chi connectivity index (χ0n) is 15.7. The molecule has 3 aromatic rings. The molecule has 7 nitrogen and oxygen atoms in total. The van der Waals surface area contributed by atoms with Crippen molar-refractivity contribution >= 4 is 22.4 Å². The number of nitrogens with zero attached hydrogens (tertiary/aromatic N) is 2. The lowest BCUT2D eigenvalue weighted by Crippen LogP contribution is -2.26. The van der Waals surface area contributed by atoms with E-state index in [0.717, 1.165) is 16.7 Å². The maximum atomic E-state index is 12.5. The number of nitrogens with one attached hydrogen (secondary N) is 1. The summed E-state index contributed by atoms with van der Waals surface area (Å²) in [7, 11) is -3.59. The van der Waals surface area contributed by atoms with E-state index in [2.05, 4.69) is 14.9 Å². The van der Waals surface area contributed by atoms with Gasteiger partial charge in [-0.15, -0.1) is 12.4 Å². The minimum absolute atomic E-state index is 0. The number of aryl methyl sites for hydroxylation is 2. The number of nitrogens with two attached hydrogens (primary N) is 1. The molecule has 0 aliphatic rings. The molecule has 3 N–H and O–H groups in total. The lowest BCUT2D eigenvalue weighted by molar-refractivity contribution is 0.379. The highest BCUT2D eigenvalue weighted by Gasteiger charge is 2.17. The van der Waals surface area contributed by atoms with Gasteiger partial charge < -0.3 is 10.3 Å². The maximum absolute atomic E-state index is 12.5. The Bertz CT molecular complexity index is 1030. The summed E-state index contributed by atoms with van der Waals surface area (Å²) in [6.07, 6.45) is 0.304. The highest BCUT2D eigenvalue weighted by atomic mass is 35.5. The molecule has 150 valence electrons.